The first-order valence-electron chi connectivity index (χ1n) is 5.81. The molecule has 0 aliphatic rings. The zero-order valence-corrected chi connectivity index (χ0v) is 12.2. The van der Waals surface area contributed by atoms with Crippen LogP contribution in [0.1, 0.15) is 30.1 Å². The average Bonchev–Trinajstić information content (AvgIpc) is 2.29. The lowest BCUT2D eigenvalue weighted by atomic mass is 9.93. The lowest BCUT2D eigenvalue weighted by Gasteiger charge is -2.28. The summed E-state index contributed by atoms with van der Waals surface area (Å²) < 4.78 is 0.794. The number of amides is 1. The second kappa shape index (κ2) is 6.55. The minimum atomic E-state index is -0.337. The standard InChI is InChI=1S/C15H18BrNO/c1-4-10-15(3,11-5-2)17-14(18)12-8-6-7-9-13(12)16/h4-9H,1-2,10-11H2,3H3,(H,17,18). The van der Waals surface area contributed by atoms with Gasteiger partial charge in [0.15, 0.2) is 0 Å². The smallest absolute Gasteiger partial charge is 0.252 e. The quantitative estimate of drug-likeness (QED) is 0.788. The van der Waals surface area contributed by atoms with E-state index in [9.17, 15) is 4.79 Å². The molecule has 0 aliphatic carbocycles. The molecule has 0 heterocycles. The molecule has 0 bridgehead atoms. The molecule has 2 nitrogen and oxygen atoms in total. The van der Waals surface area contributed by atoms with Crippen LogP contribution in [0.3, 0.4) is 0 Å². The fourth-order valence-corrected chi connectivity index (χ4v) is 2.27. The van der Waals surface area contributed by atoms with Crippen LogP contribution in [0.5, 0.6) is 0 Å². The Labute approximate surface area is 117 Å². The normalized spacial score (nSPS) is 10.8. The van der Waals surface area contributed by atoms with Gasteiger partial charge in [-0.05, 0) is 47.8 Å². The molecule has 0 atom stereocenters. The van der Waals surface area contributed by atoms with E-state index in [1.807, 2.05) is 37.3 Å². The molecule has 1 amide bonds. The van der Waals surface area contributed by atoms with E-state index in [-0.39, 0.29) is 11.4 Å². The van der Waals surface area contributed by atoms with Crippen LogP contribution >= 0.6 is 15.9 Å². The summed E-state index contributed by atoms with van der Waals surface area (Å²) in [6.07, 6.45) is 5.03. The highest BCUT2D eigenvalue weighted by Crippen LogP contribution is 2.20. The van der Waals surface area contributed by atoms with Crippen molar-refractivity contribution in [3.05, 3.63) is 59.6 Å². The van der Waals surface area contributed by atoms with Crippen molar-refractivity contribution in [2.24, 2.45) is 0 Å². The number of nitrogens with one attached hydrogen (secondary N) is 1. The van der Waals surface area contributed by atoms with Crippen LogP contribution in [-0.2, 0) is 0 Å². The van der Waals surface area contributed by atoms with Gasteiger partial charge >= 0.3 is 0 Å². The van der Waals surface area contributed by atoms with Gasteiger partial charge in [-0.3, -0.25) is 4.79 Å². The lowest BCUT2D eigenvalue weighted by molar-refractivity contribution is 0.0907. The molecule has 3 heteroatoms. The molecule has 96 valence electrons. The number of carbonyl (C=O) groups excluding carboxylic acids is 1. The van der Waals surface area contributed by atoms with E-state index >= 15 is 0 Å². The Hall–Kier alpha value is -1.35. The Kier molecular flexibility index (Phi) is 5.35. The minimum Gasteiger partial charge on any atom is -0.346 e. The zero-order chi connectivity index (χ0) is 13.6. The number of hydrogen-bond donors (Lipinski definition) is 1. The van der Waals surface area contributed by atoms with Crippen molar-refractivity contribution in [3.8, 4) is 0 Å². The van der Waals surface area contributed by atoms with Gasteiger partial charge in [-0.15, -0.1) is 13.2 Å². The molecule has 0 aliphatic heterocycles. The van der Waals surface area contributed by atoms with Gasteiger partial charge in [0.1, 0.15) is 0 Å². The van der Waals surface area contributed by atoms with Crippen molar-refractivity contribution in [3.63, 3.8) is 0 Å². The fraction of sp³-hybridized carbons (Fsp3) is 0.267. The zero-order valence-electron chi connectivity index (χ0n) is 10.6. The molecule has 18 heavy (non-hydrogen) atoms. The number of hydrogen-bond acceptors (Lipinski definition) is 1. The third-order valence-electron chi connectivity index (χ3n) is 2.72. The third-order valence-corrected chi connectivity index (χ3v) is 3.42. The van der Waals surface area contributed by atoms with Gasteiger partial charge in [0.05, 0.1) is 5.56 Å². The Balaban J connectivity index is 2.88. The highest BCUT2D eigenvalue weighted by Gasteiger charge is 2.24. The molecule has 0 spiro atoms. The van der Waals surface area contributed by atoms with Crippen molar-refractivity contribution in [2.75, 3.05) is 0 Å². The van der Waals surface area contributed by atoms with E-state index in [2.05, 4.69) is 34.4 Å². The minimum absolute atomic E-state index is 0.0892. The van der Waals surface area contributed by atoms with E-state index < -0.39 is 0 Å². The summed E-state index contributed by atoms with van der Waals surface area (Å²) in [4.78, 5) is 12.2. The average molecular weight is 308 g/mol. The molecule has 0 saturated carbocycles. The second-order valence-electron chi connectivity index (χ2n) is 4.48. The van der Waals surface area contributed by atoms with Gasteiger partial charge in [-0.1, -0.05) is 24.3 Å². The maximum Gasteiger partial charge on any atom is 0.252 e. The van der Waals surface area contributed by atoms with Crippen LogP contribution in [0, 0.1) is 0 Å². The van der Waals surface area contributed by atoms with Crippen LogP contribution in [0.25, 0.3) is 0 Å². The van der Waals surface area contributed by atoms with Gasteiger partial charge in [0.25, 0.3) is 5.91 Å². The van der Waals surface area contributed by atoms with E-state index in [1.165, 1.54) is 0 Å². The van der Waals surface area contributed by atoms with Crippen LogP contribution < -0.4 is 5.32 Å². The molecule has 1 rings (SSSR count). The summed E-state index contributed by atoms with van der Waals surface area (Å²) in [5, 5.41) is 3.04. The molecule has 0 radical (unpaired) electrons. The maximum atomic E-state index is 12.2. The molecular formula is C15H18BrNO. The molecule has 1 N–H and O–H groups in total. The largest absolute Gasteiger partial charge is 0.346 e. The molecular weight excluding hydrogens is 290 g/mol. The Morgan fingerprint density at radius 1 is 1.33 bits per heavy atom. The van der Waals surface area contributed by atoms with Crippen molar-refractivity contribution in [1.82, 2.24) is 5.32 Å². The van der Waals surface area contributed by atoms with Gasteiger partial charge in [0, 0.05) is 10.0 Å². The van der Waals surface area contributed by atoms with E-state index in [0.29, 0.717) is 18.4 Å². The number of halogens is 1. The van der Waals surface area contributed by atoms with Crippen LogP contribution in [0.15, 0.2) is 54.0 Å². The molecule has 0 fully saturated rings. The van der Waals surface area contributed by atoms with E-state index in [1.54, 1.807) is 6.07 Å². The first-order chi connectivity index (χ1) is 8.52. The molecule has 0 unspecified atom stereocenters. The monoisotopic (exact) mass is 307 g/mol. The van der Waals surface area contributed by atoms with E-state index in [0.717, 1.165) is 4.47 Å². The molecule has 0 aromatic heterocycles. The highest BCUT2D eigenvalue weighted by molar-refractivity contribution is 9.10. The fourth-order valence-electron chi connectivity index (χ4n) is 1.81. The summed E-state index contributed by atoms with van der Waals surface area (Å²) in [6, 6.07) is 7.38. The topological polar surface area (TPSA) is 29.1 Å². The first kappa shape index (κ1) is 14.7. The van der Waals surface area contributed by atoms with Gasteiger partial charge in [-0.25, -0.2) is 0 Å². The van der Waals surface area contributed by atoms with Gasteiger partial charge < -0.3 is 5.32 Å². The first-order valence-corrected chi connectivity index (χ1v) is 6.60. The summed E-state index contributed by atoms with van der Waals surface area (Å²) in [5.74, 6) is -0.0892. The Bertz CT molecular complexity index is 444. The van der Waals surface area contributed by atoms with Crippen molar-refractivity contribution < 1.29 is 4.79 Å². The predicted molar refractivity (Wildman–Crippen MR) is 79.6 cm³/mol. The number of carbonyl (C=O) groups is 1. The summed E-state index contributed by atoms with van der Waals surface area (Å²) >= 11 is 3.38. The third kappa shape index (κ3) is 3.84. The van der Waals surface area contributed by atoms with Crippen molar-refractivity contribution in [2.45, 2.75) is 25.3 Å². The SMILES string of the molecule is C=CCC(C)(CC=C)NC(=O)c1ccccc1Br. The molecule has 1 aromatic carbocycles. The van der Waals surface area contributed by atoms with Crippen LogP contribution in [-0.4, -0.2) is 11.4 Å². The number of rotatable bonds is 6. The van der Waals surface area contributed by atoms with Crippen molar-refractivity contribution >= 4 is 21.8 Å². The summed E-state index contributed by atoms with van der Waals surface area (Å²) in [5.41, 5.74) is 0.299. The van der Waals surface area contributed by atoms with Gasteiger partial charge in [0.2, 0.25) is 0 Å². The highest BCUT2D eigenvalue weighted by atomic mass is 79.9. The van der Waals surface area contributed by atoms with E-state index in [4.69, 9.17) is 0 Å². The van der Waals surface area contributed by atoms with Crippen molar-refractivity contribution in [1.29, 1.82) is 0 Å². The Morgan fingerprint density at radius 3 is 2.39 bits per heavy atom. The summed E-state index contributed by atoms with van der Waals surface area (Å²) in [7, 11) is 0. The molecule has 1 aromatic rings. The summed E-state index contributed by atoms with van der Waals surface area (Å²) in [6.45, 7) is 9.45. The maximum absolute atomic E-state index is 12.2. The Morgan fingerprint density at radius 2 is 1.89 bits per heavy atom. The van der Waals surface area contributed by atoms with Crippen LogP contribution in [0.4, 0.5) is 0 Å². The molecule has 0 saturated heterocycles. The lowest BCUT2D eigenvalue weighted by Crippen LogP contribution is -2.45. The van der Waals surface area contributed by atoms with Crippen LogP contribution in [0.2, 0.25) is 0 Å². The predicted octanol–water partition coefficient (Wildman–Crippen LogP) is 4.09. The van der Waals surface area contributed by atoms with Gasteiger partial charge in [-0.2, -0.15) is 0 Å². The number of benzene rings is 1. The second-order valence-corrected chi connectivity index (χ2v) is 5.33.